The fourth-order valence-corrected chi connectivity index (χ4v) is 3.45. The molecule has 0 spiro atoms. The van der Waals surface area contributed by atoms with Gasteiger partial charge in [-0.1, -0.05) is 35.3 Å². The summed E-state index contributed by atoms with van der Waals surface area (Å²) in [6.07, 6.45) is -2.18. The molecular weight excluding hydrogens is 394 g/mol. The van der Waals surface area contributed by atoms with Crippen LogP contribution in [0, 0.1) is 0 Å². The number of nitrogens with zero attached hydrogens (tertiary/aromatic N) is 2. The van der Waals surface area contributed by atoms with Gasteiger partial charge in [0.05, 0.1) is 6.54 Å². The van der Waals surface area contributed by atoms with Crippen molar-refractivity contribution in [2.24, 2.45) is 0 Å². The van der Waals surface area contributed by atoms with Crippen molar-refractivity contribution >= 4 is 40.1 Å². The molecule has 0 N–H and O–H groups in total. The molecule has 0 aliphatic carbocycles. The highest BCUT2D eigenvalue weighted by Gasteiger charge is 2.35. The van der Waals surface area contributed by atoms with Gasteiger partial charge in [0, 0.05) is 23.7 Å². The highest BCUT2D eigenvalue weighted by atomic mass is 35.5. The van der Waals surface area contributed by atoms with Crippen LogP contribution >= 0.6 is 23.2 Å². The Hall–Kier alpha value is -1.79. The van der Waals surface area contributed by atoms with Gasteiger partial charge in [-0.3, -0.25) is 0 Å². The molecular formula is C19H21Cl2FN2O3. The van der Waals surface area contributed by atoms with Gasteiger partial charge in [0.25, 0.3) is 0 Å². The highest BCUT2D eigenvalue weighted by Crippen LogP contribution is 2.33. The number of pyridine rings is 1. The quantitative estimate of drug-likeness (QED) is 0.628. The first kappa shape index (κ1) is 20.0. The second-order valence-corrected chi connectivity index (χ2v) is 8.22. The van der Waals surface area contributed by atoms with Gasteiger partial charge in [0.2, 0.25) is 0 Å². The SMILES string of the molecule is CC(C)(C)OC(=O)N1CC[C@@H](Oc2cccc3c(Cl)nc(Cl)cc23)[C@@H](F)C1. The second-order valence-electron chi connectivity index (χ2n) is 7.47. The third-order valence-electron chi connectivity index (χ3n) is 4.17. The number of halogens is 3. The van der Waals surface area contributed by atoms with Gasteiger partial charge in [-0.05, 0) is 32.9 Å². The number of carbonyl (C=O) groups excluding carboxylic acids is 1. The summed E-state index contributed by atoms with van der Waals surface area (Å²) in [7, 11) is 0. The lowest BCUT2D eigenvalue weighted by Gasteiger charge is -2.35. The van der Waals surface area contributed by atoms with E-state index in [1.165, 1.54) is 4.90 Å². The zero-order valence-electron chi connectivity index (χ0n) is 15.3. The molecule has 0 unspecified atom stereocenters. The van der Waals surface area contributed by atoms with E-state index in [4.69, 9.17) is 32.7 Å². The molecule has 1 aromatic heterocycles. The molecule has 1 fully saturated rings. The molecule has 8 heteroatoms. The Bertz CT molecular complexity index is 857. The average molecular weight is 415 g/mol. The van der Waals surface area contributed by atoms with Crippen LogP contribution in [0.25, 0.3) is 10.8 Å². The van der Waals surface area contributed by atoms with E-state index >= 15 is 0 Å². The molecule has 5 nitrogen and oxygen atoms in total. The number of fused-ring (bicyclic) bond motifs is 1. The van der Waals surface area contributed by atoms with Crippen LogP contribution in [0.5, 0.6) is 5.75 Å². The normalized spacial score (nSPS) is 20.6. The number of ether oxygens (including phenoxy) is 2. The minimum atomic E-state index is -1.34. The Balaban J connectivity index is 1.73. The summed E-state index contributed by atoms with van der Waals surface area (Å²) in [5.41, 5.74) is -0.619. The molecule has 2 atom stereocenters. The van der Waals surface area contributed by atoms with E-state index in [-0.39, 0.29) is 16.9 Å². The predicted molar refractivity (Wildman–Crippen MR) is 103 cm³/mol. The van der Waals surface area contributed by atoms with Crippen molar-refractivity contribution in [3.8, 4) is 5.75 Å². The Kier molecular flexibility index (Phi) is 5.68. The molecule has 0 bridgehead atoms. The first-order valence-electron chi connectivity index (χ1n) is 8.67. The molecule has 2 aromatic rings. The lowest BCUT2D eigenvalue weighted by Crippen LogP contribution is -2.50. The first-order chi connectivity index (χ1) is 12.6. The minimum absolute atomic E-state index is 0.0760. The maximum absolute atomic E-state index is 14.7. The van der Waals surface area contributed by atoms with Gasteiger partial charge in [-0.15, -0.1) is 0 Å². The number of rotatable bonds is 2. The van der Waals surface area contributed by atoms with E-state index in [1.54, 1.807) is 45.0 Å². The Morgan fingerprint density at radius 2 is 2.04 bits per heavy atom. The van der Waals surface area contributed by atoms with Crippen LogP contribution in [-0.2, 0) is 4.74 Å². The number of likely N-dealkylation sites (tertiary alicyclic amines) is 1. The summed E-state index contributed by atoms with van der Waals surface area (Å²) in [4.78, 5) is 17.5. The van der Waals surface area contributed by atoms with Gasteiger partial charge < -0.3 is 14.4 Å². The predicted octanol–water partition coefficient (Wildman–Crippen LogP) is 5.27. The average Bonchev–Trinajstić information content (AvgIpc) is 2.55. The Morgan fingerprint density at radius 3 is 2.70 bits per heavy atom. The molecule has 1 saturated heterocycles. The van der Waals surface area contributed by atoms with Crippen molar-refractivity contribution in [1.82, 2.24) is 9.88 Å². The Labute approximate surface area is 167 Å². The molecule has 1 aliphatic rings. The van der Waals surface area contributed by atoms with Crippen molar-refractivity contribution in [3.63, 3.8) is 0 Å². The zero-order valence-corrected chi connectivity index (χ0v) is 16.9. The first-order valence-corrected chi connectivity index (χ1v) is 9.43. The molecule has 1 amide bonds. The van der Waals surface area contributed by atoms with Gasteiger partial charge in [0.15, 0.2) is 6.17 Å². The van der Waals surface area contributed by atoms with Crippen LogP contribution in [-0.4, -0.2) is 46.9 Å². The van der Waals surface area contributed by atoms with Crippen molar-refractivity contribution in [2.45, 2.75) is 45.1 Å². The molecule has 0 saturated carbocycles. The number of piperidine rings is 1. The van der Waals surface area contributed by atoms with Gasteiger partial charge in [-0.2, -0.15) is 0 Å². The molecule has 146 valence electrons. The maximum Gasteiger partial charge on any atom is 0.410 e. The van der Waals surface area contributed by atoms with E-state index in [9.17, 15) is 9.18 Å². The number of benzene rings is 1. The van der Waals surface area contributed by atoms with Crippen molar-refractivity contribution in [2.75, 3.05) is 13.1 Å². The van der Waals surface area contributed by atoms with Crippen LogP contribution < -0.4 is 4.74 Å². The third-order valence-corrected chi connectivity index (χ3v) is 4.65. The van der Waals surface area contributed by atoms with Gasteiger partial charge >= 0.3 is 6.09 Å². The standard InChI is InChI=1S/C19H21Cl2FN2O3/c1-19(2,3)27-18(25)24-8-7-15(13(22)10-24)26-14-6-4-5-11-12(14)9-16(20)23-17(11)21/h4-6,9,13,15H,7-8,10H2,1-3H3/t13-,15+/m0/s1. The lowest BCUT2D eigenvalue weighted by atomic mass is 10.1. The number of carbonyl (C=O) groups is 1. The molecule has 2 heterocycles. The van der Waals surface area contributed by atoms with E-state index in [0.29, 0.717) is 29.5 Å². The summed E-state index contributed by atoms with van der Waals surface area (Å²) in [6, 6.07) is 6.94. The molecule has 0 radical (unpaired) electrons. The summed E-state index contributed by atoms with van der Waals surface area (Å²) >= 11 is 12.1. The van der Waals surface area contributed by atoms with Crippen molar-refractivity contribution in [3.05, 3.63) is 34.6 Å². The number of aromatic nitrogens is 1. The zero-order chi connectivity index (χ0) is 19.8. The van der Waals surface area contributed by atoms with Gasteiger partial charge in [0.1, 0.15) is 27.8 Å². The Morgan fingerprint density at radius 1 is 1.30 bits per heavy atom. The summed E-state index contributed by atoms with van der Waals surface area (Å²) in [6.45, 7) is 5.61. The molecule has 1 aromatic carbocycles. The summed E-state index contributed by atoms with van der Waals surface area (Å²) in [5, 5.41) is 1.85. The lowest BCUT2D eigenvalue weighted by molar-refractivity contribution is -0.0102. The van der Waals surface area contributed by atoms with Crippen molar-refractivity contribution < 1.29 is 18.7 Å². The van der Waals surface area contributed by atoms with Crippen LogP contribution in [0.3, 0.4) is 0 Å². The monoisotopic (exact) mass is 414 g/mol. The fraction of sp³-hybridized carbons (Fsp3) is 0.474. The topological polar surface area (TPSA) is 51.7 Å². The molecule has 1 aliphatic heterocycles. The minimum Gasteiger partial charge on any atom is -0.487 e. The van der Waals surface area contributed by atoms with Crippen LogP contribution in [0.1, 0.15) is 27.2 Å². The van der Waals surface area contributed by atoms with E-state index in [2.05, 4.69) is 4.98 Å². The van der Waals surface area contributed by atoms with E-state index < -0.39 is 24.0 Å². The number of amides is 1. The third kappa shape index (κ3) is 4.74. The van der Waals surface area contributed by atoms with E-state index in [0.717, 1.165) is 0 Å². The van der Waals surface area contributed by atoms with E-state index in [1.807, 2.05) is 0 Å². The molecule has 27 heavy (non-hydrogen) atoms. The number of hydrogen-bond donors (Lipinski definition) is 0. The molecule has 3 rings (SSSR count). The maximum atomic E-state index is 14.7. The van der Waals surface area contributed by atoms with Crippen LogP contribution in [0.2, 0.25) is 10.3 Å². The smallest absolute Gasteiger partial charge is 0.410 e. The summed E-state index contributed by atoms with van der Waals surface area (Å²) < 4.78 is 25.9. The van der Waals surface area contributed by atoms with Crippen LogP contribution in [0.15, 0.2) is 24.3 Å². The second kappa shape index (κ2) is 7.68. The number of hydrogen-bond acceptors (Lipinski definition) is 4. The number of alkyl halides is 1. The fourth-order valence-electron chi connectivity index (χ4n) is 2.95. The highest BCUT2D eigenvalue weighted by molar-refractivity contribution is 6.36. The van der Waals surface area contributed by atoms with Gasteiger partial charge in [-0.25, -0.2) is 14.2 Å². The summed E-state index contributed by atoms with van der Waals surface area (Å²) in [5.74, 6) is 0.483. The van der Waals surface area contributed by atoms with Crippen molar-refractivity contribution in [1.29, 1.82) is 0 Å². The largest absolute Gasteiger partial charge is 0.487 e. The van der Waals surface area contributed by atoms with Crippen LogP contribution in [0.4, 0.5) is 9.18 Å².